The SMILES string of the molecule is CC(=O)NC1(C)CC(Nc2ncc3c(-c4ccc5nccn5c4)c[nH]c3n2)C1. The Balaban J connectivity index is 1.36. The van der Waals surface area contributed by atoms with Crippen molar-refractivity contribution in [2.75, 3.05) is 5.32 Å². The Bertz CT molecular complexity index is 1190. The van der Waals surface area contributed by atoms with E-state index < -0.39 is 0 Å². The van der Waals surface area contributed by atoms with Gasteiger partial charge in [-0.3, -0.25) is 4.79 Å². The van der Waals surface area contributed by atoms with Crippen molar-refractivity contribution in [3.63, 3.8) is 0 Å². The number of hydrogen-bond donors (Lipinski definition) is 3. The molecule has 0 bridgehead atoms. The summed E-state index contributed by atoms with van der Waals surface area (Å²) < 4.78 is 1.99. The smallest absolute Gasteiger partial charge is 0.224 e. The van der Waals surface area contributed by atoms with Crippen LogP contribution in [0.15, 0.2) is 43.1 Å². The van der Waals surface area contributed by atoms with Crippen molar-refractivity contribution in [3.8, 4) is 11.1 Å². The normalized spacial score (nSPS) is 21.6. The fourth-order valence-electron chi connectivity index (χ4n) is 4.13. The summed E-state index contributed by atoms with van der Waals surface area (Å²) in [4.78, 5) is 27.9. The van der Waals surface area contributed by atoms with Crippen LogP contribution in [0.2, 0.25) is 0 Å². The van der Waals surface area contributed by atoms with E-state index in [1.807, 2.05) is 41.3 Å². The molecule has 4 aromatic heterocycles. The quantitative estimate of drug-likeness (QED) is 0.509. The van der Waals surface area contributed by atoms with Crippen LogP contribution in [0.25, 0.3) is 27.8 Å². The van der Waals surface area contributed by atoms with Gasteiger partial charge in [0, 0.05) is 66.0 Å². The number of hydrogen-bond acceptors (Lipinski definition) is 5. The number of amides is 1. The molecule has 8 nitrogen and oxygen atoms in total. The molecule has 142 valence electrons. The summed E-state index contributed by atoms with van der Waals surface area (Å²) in [5.41, 5.74) is 3.70. The van der Waals surface area contributed by atoms with E-state index in [9.17, 15) is 4.79 Å². The maximum absolute atomic E-state index is 11.3. The minimum Gasteiger partial charge on any atom is -0.351 e. The Hall–Kier alpha value is -3.42. The Morgan fingerprint density at radius 1 is 1.32 bits per heavy atom. The summed E-state index contributed by atoms with van der Waals surface area (Å²) in [5, 5.41) is 7.34. The number of aromatic amines is 1. The summed E-state index contributed by atoms with van der Waals surface area (Å²) in [7, 11) is 0. The third-order valence-corrected chi connectivity index (χ3v) is 5.34. The van der Waals surface area contributed by atoms with Crippen LogP contribution in [-0.2, 0) is 4.79 Å². The molecular weight excluding hydrogens is 354 g/mol. The van der Waals surface area contributed by atoms with Crippen molar-refractivity contribution in [2.24, 2.45) is 0 Å². The number of imidazole rings is 1. The highest BCUT2D eigenvalue weighted by Gasteiger charge is 2.41. The van der Waals surface area contributed by atoms with E-state index in [0.717, 1.165) is 40.6 Å². The molecule has 3 N–H and O–H groups in total. The standard InChI is InChI=1S/C20H21N7O/c1-12(28)26-20(2)7-14(8-20)24-19-23-10-16-15(9-22-18(16)25-19)13-3-4-17-21-5-6-27(17)11-13/h3-6,9-11,14H,7-8H2,1-2H3,(H,26,28)(H2,22,23,24,25). The van der Waals surface area contributed by atoms with Crippen molar-refractivity contribution >= 4 is 28.5 Å². The minimum atomic E-state index is -0.140. The first-order chi connectivity index (χ1) is 13.5. The average Bonchev–Trinajstić information content (AvgIpc) is 3.25. The van der Waals surface area contributed by atoms with Crippen LogP contribution in [0.1, 0.15) is 26.7 Å². The molecule has 0 saturated heterocycles. The molecule has 1 saturated carbocycles. The van der Waals surface area contributed by atoms with Crippen LogP contribution in [0.5, 0.6) is 0 Å². The van der Waals surface area contributed by atoms with Gasteiger partial charge >= 0.3 is 0 Å². The molecule has 28 heavy (non-hydrogen) atoms. The fourth-order valence-corrected chi connectivity index (χ4v) is 4.13. The van der Waals surface area contributed by atoms with Crippen molar-refractivity contribution in [1.82, 2.24) is 29.7 Å². The first kappa shape index (κ1) is 16.7. The second-order valence-corrected chi connectivity index (χ2v) is 7.76. The molecular formula is C20H21N7O. The Morgan fingerprint density at radius 2 is 2.18 bits per heavy atom. The molecule has 0 aromatic carbocycles. The highest BCUT2D eigenvalue weighted by atomic mass is 16.1. The number of carbonyl (C=O) groups is 1. The molecule has 0 atom stereocenters. The average molecular weight is 375 g/mol. The van der Waals surface area contributed by atoms with Crippen LogP contribution in [0.4, 0.5) is 5.95 Å². The highest BCUT2D eigenvalue weighted by Crippen LogP contribution is 2.34. The zero-order chi connectivity index (χ0) is 19.3. The highest BCUT2D eigenvalue weighted by molar-refractivity contribution is 5.93. The maximum atomic E-state index is 11.3. The van der Waals surface area contributed by atoms with Gasteiger partial charge in [0.05, 0.1) is 0 Å². The number of nitrogens with one attached hydrogen (secondary N) is 3. The number of nitrogens with zero attached hydrogens (tertiary/aromatic N) is 4. The maximum Gasteiger partial charge on any atom is 0.224 e. The van der Waals surface area contributed by atoms with Gasteiger partial charge in [0.2, 0.25) is 11.9 Å². The van der Waals surface area contributed by atoms with Gasteiger partial charge in [0.25, 0.3) is 0 Å². The number of anilines is 1. The van der Waals surface area contributed by atoms with E-state index in [0.29, 0.717) is 5.95 Å². The van der Waals surface area contributed by atoms with Gasteiger partial charge in [-0.05, 0) is 31.9 Å². The topological polar surface area (TPSA) is 100 Å². The summed E-state index contributed by atoms with van der Waals surface area (Å²) in [5.74, 6) is 0.604. The molecule has 1 aliphatic rings. The van der Waals surface area contributed by atoms with Crippen LogP contribution in [0.3, 0.4) is 0 Å². The second kappa shape index (κ2) is 6.05. The number of fused-ring (bicyclic) bond motifs is 2. The lowest BCUT2D eigenvalue weighted by molar-refractivity contribution is -0.121. The van der Waals surface area contributed by atoms with Crippen molar-refractivity contribution in [2.45, 2.75) is 38.3 Å². The summed E-state index contributed by atoms with van der Waals surface area (Å²) in [6, 6.07) is 4.30. The number of aromatic nitrogens is 5. The number of H-pyrrole nitrogens is 1. The number of pyridine rings is 1. The lowest BCUT2D eigenvalue weighted by Gasteiger charge is -2.45. The van der Waals surface area contributed by atoms with Gasteiger partial charge in [-0.1, -0.05) is 0 Å². The summed E-state index contributed by atoms with van der Waals surface area (Å²) in [6.45, 7) is 3.61. The lowest BCUT2D eigenvalue weighted by Crippen LogP contribution is -2.59. The third kappa shape index (κ3) is 2.87. The molecule has 1 aliphatic carbocycles. The van der Waals surface area contributed by atoms with Gasteiger partial charge in [0.1, 0.15) is 11.3 Å². The van der Waals surface area contributed by atoms with Gasteiger partial charge in [0.15, 0.2) is 0 Å². The van der Waals surface area contributed by atoms with E-state index in [-0.39, 0.29) is 17.5 Å². The van der Waals surface area contributed by atoms with Gasteiger partial charge in [-0.15, -0.1) is 0 Å². The van der Waals surface area contributed by atoms with Crippen LogP contribution in [-0.4, -0.2) is 41.8 Å². The molecule has 8 heteroatoms. The van der Waals surface area contributed by atoms with Crippen LogP contribution >= 0.6 is 0 Å². The molecule has 1 amide bonds. The Morgan fingerprint density at radius 3 is 3.00 bits per heavy atom. The third-order valence-electron chi connectivity index (χ3n) is 5.34. The molecule has 1 fully saturated rings. The second-order valence-electron chi connectivity index (χ2n) is 7.76. The first-order valence-electron chi connectivity index (χ1n) is 9.32. The van der Waals surface area contributed by atoms with E-state index in [1.165, 1.54) is 0 Å². The van der Waals surface area contributed by atoms with E-state index in [1.54, 1.807) is 13.1 Å². The Labute approximate surface area is 161 Å². The molecule has 0 unspecified atom stereocenters. The van der Waals surface area contributed by atoms with Gasteiger partial charge < -0.3 is 20.0 Å². The fraction of sp³-hybridized carbons (Fsp3) is 0.300. The predicted octanol–water partition coefficient (Wildman–Crippen LogP) is 2.74. The van der Waals surface area contributed by atoms with Gasteiger partial charge in [-0.2, -0.15) is 4.98 Å². The Kier molecular flexibility index (Phi) is 3.61. The van der Waals surface area contributed by atoms with Crippen LogP contribution < -0.4 is 10.6 Å². The lowest BCUT2D eigenvalue weighted by atomic mass is 9.74. The summed E-state index contributed by atoms with van der Waals surface area (Å²) >= 11 is 0. The van der Waals surface area contributed by atoms with E-state index in [4.69, 9.17) is 0 Å². The molecule has 4 heterocycles. The zero-order valence-electron chi connectivity index (χ0n) is 15.7. The van der Waals surface area contributed by atoms with Gasteiger partial charge in [-0.25, -0.2) is 9.97 Å². The molecule has 0 spiro atoms. The molecule has 0 aliphatic heterocycles. The number of rotatable bonds is 4. The van der Waals surface area contributed by atoms with Crippen molar-refractivity contribution in [1.29, 1.82) is 0 Å². The molecule has 5 rings (SSSR count). The monoisotopic (exact) mass is 375 g/mol. The van der Waals surface area contributed by atoms with Crippen LogP contribution in [0, 0.1) is 0 Å². The first-order valence-corrected chi connectivity index (χ1v) is 9.32. The zero-order valence-corrected chi connectivity index (χ0v) is 15.7. The van der Waals surface area contributed by atoms with Crippen molar-refractivity contribution < 1.29 is 4.79 Å². The van der Waals surface area contributed by atoms with Crippen molar-refractivity contribution in [3.05, 3.63) is 43.1 Å². The van der Waals surface area contributed by atoms with E-state index in [2.05, 4.69) is 37.5 Å². The minimum absolute atomic E-state index is 0.00594. The largest absolute Gasteiger partial charge is 0.351 e. The molecule has 4 aromatic rings. The summed E-state index contributed by atoms with van der Waals surface area (Å²) in [6.07, 6.45) is 11.3. The van der Waals surface area contributed by atoms with E-state index >= 15 is 0 Å². The molecule has 0 radical (unpaired) electrons. The predicted molar refractivity (Wildman–Crippen MR) is 107 cm³/mol. The number of carbonyl (C=O) groups excluding carboxylic acids is 1.